The van der Waals surface area contributed by atoms with Gasteiger partial charge in [-0.05, 0) is 42.0 Å². The number of anilines is 2. The normalized spacial score (nSPS) is 12.4. The number of carbonyl (C=O) groups is 1. The first-order valence-electron chi connectivity index (χ1n) is 11.3. The van der Waals surface area contributed by atoms with Crippen molar-refractivity contribution in [2.45, 2.75) is 11.4 Å². The Bertz CT molecular complexity index is 1570. The molecular formula is C27H25N3O5S. The van der Waals surface area contributed by atoms with E-state index in [1.807, 2.05) is 43.3 Å². The highest BCUT2D eigenvalue weighted by atomic mass is 32.2. The summed E-state index contributed by atoms with van der Waals surface area (Å²) in [5.41, 5.74) is 2.16. The number of para-hydroxylation sites is 1. The Hall–Kier alpha value is -4.24. The van der Waals surface area contributed by atoms with E-state index in [2.05, 4.69) is 10.0 Å². The molecule has 5 rings (SSSR count). The summed E-state index contributed by atoms with van der Waals surface area (Å²) in [7, 11) is -0.173. The van der Waals surface area contributed by atoms with Crippen LogP contribution in [-0.2, 0) is 16.6 Å². The molecule has 1 heterocycles. The van der Waals surface area contributed by atoms with Gasteiger partial charge in [-0.3, -0.25) is 9.52 Å². The fraction of sp³-hybridized carbons (Fsp3) is 0.148. The van der Waals surface area contributed by atoms with Crippen LogP contribution in [0.5, 0.6) is 11.5 Å². The van der Waals surface area contributed by atoms with Gasteiger partial charge in [0.1, 0.15) is 0 Å². The van der Waals surface area contributed by atoms with E-state index in [9.17, 15) is 13.2 Å². The van der Waals surface area contributed by atoms with Crippen LogP contribution in [-0.4, -0.2) is 35.2 Å². The van der Waals surface area contributed by atoms with E-state index in [0.717, 1.165) is 16.6 Å². The molecule has 0 unspecified atom stereocenters. The molecule has 0 saturated carbocycles. The number of carbonyl (C=O) groups excluding carboxylic acids is 1. The second-order valence-corrected chi connectivity index (χ2v) is 10.2. The van der Waals surface area contributed by atoms with Crippen molar-refractivity contribution in [1.29, 1.82) is 0 Å². The summed E-state index contributed by atoms with van der Waals surface area (Å²) in [5, 5.41) is 4.26. The summed E-state index contributed by atoms with van der Waals surface area (Å²) in [5.74, 6) is 0.886. The first-order chi connectivity index (χ1) is 17.3. The molecule has 4 aromatic rings. The van der Waals surface area contributed by atoms with Gasteiger partial charge in [-0.2, -0.15) is 0 Å². The molecule has 0 bridgehead atoms. The number of rotatable bonds is 7. The maximum Gasteiger partial charge on any atom is 0.262 e. The number of hydrogen-bond acceptors (Lipinski definition) is 6. The summed E-state index contributed by atoms with van der Waals surface area (Å²) in [4.78, 5) is 15.1. The average molecular weight is 504 g/mol. The highest BCUT2D eigenvalue weighted by Crippen LogP contribution is 2.33. The van der Waals surface area contributed by atoms with Gasteiger partial charge in [0, 0.05) is 37.1 Å². The molecule has 8 nitrogen and oxygen atoms in total. The molecule has 1 aliphatic rings. The van der Waals surface area contributed by atoms with Crippen LogP contribution in [0.15, 0.2) is 83.8 Å². The largest absolute Gasteiger partial charge is 0.454 e. The summed E-state index contributed by atoms with van der Waals surface area (Å²) < 4.78 is 40.3. The maximum atomic E-state index is 13.5. The lowest BCUT2D eigenvalue weighted by Gasteiger charge is -2.18. The van der Waals surface area contributed by atoms with Gasteiger partial charge < -0.3 is 19.7 Å². The zero-order chi connectivity index (χ0) is 25.3. The second kappa shape index (κ2) is 9.43. The molecule has 0 atom stereocenters. The maximum absolute atomic E-state index is 13.5. The first kappa shape index (κ1) is 23.5. The van der Waals surface area contributed by atoms with E-state index >= 15 is 0 Å². The summed E-state index contributed by atoms with van der Waals surface area (Å²) in [6.45, 7) is 0.416. The van der Waals surface area contributed by atoms with Gasteiger partial charge in [0.2, 0.25) is 6.79 Å². The minimum absolute atomic E-state index is 0.138. The van der Waals surface area contributed by atoms with Gasteiger partial charge >= 0.3 is 0 Å². The van der Waals surface area contributed by atoms with Crippen LogP contribution in [0.1, 0.15) is 15.9 Å². The third-order valence-corrected chi connectivity index (χ3v) is 7.36. The molecule has 0 radical (unpaired) electrons. The molecule has 2 N–H and O–H groups in total. The highest BCUT2D eigenvalue weighted by Gasteiger charge is 2.22. The number of hydrogen-bond donors (Lipinski definition) is 2. The summed E-state index contributed by atoms with van der Waals surface area (Å²) in [6, 6.07) is 22.7. The van der Waals surface area contributed by atoms with E-state index in [-0.39, 0.29) is 29.5 Å². The summed E-state index contributed by atoms with van der Waals surface area (Å²) >= 11 is 0. The molecule has 4 aromatic carbocycles. The third-order valence-electron chi connectivity index (χ3n) is 5.94. The lowest BCUT2D eigenvalue weighted by Crippen LogP contribution is -2.25. The Morgan fingerprint density at radius 3 is 2.47 bits per heavy atom. The number of fused-ring (bicyclic) bond motifs is 2. The van der Waals surface area contributed by atoms with Crippen molar-refractivity contribution in [3.63, 3.8) is 0 Å². The molecule has 9 heteroatoms. The monoisotopic (exact) mass is 503 g/mol. The SMILES string of the molecule is CN(C)c1cccc2c(S(=O)(=O)Nc3ccccc3C(=O)NCc3ccc4c(c3)OCO4)cccc12. The van der Waals surface area contributed by atoms with Crippen molar-refractivity contribution in [2.24, 2.45) is 0 Å². The molecule has 36 heavy (non-hydrogen) atoms. The number of benzene rings is 4. The highest BCUT2D eigenvalue weighted by molar-refractivity contribution is 7.93. The van der Waals surface area contributed by atoms with E-state index in [4.69, 9.17) is 9.47 Å². The smallest absolute Gasteiger partial charge is 0.262 e. The molecule has 0 aliphatic carbocycles. The summed E-state index contributed by atoms with van der Waals surface area (Å²) in [6.07, 6.45) is 0. The Labute approximate surface area is 209 Å². The molecule has 0 aromatic heterocycles. The zero-order valence-corrected chi connectivity index (χ0v) is 20.6. The Morgan fingerprint density at radius 2 is 1.64 bits per heavy atom. The molecule has 0 saturated heterocycles. The molecule has 0 fully saturated rings. The number of ether oxygens (including phenoxy) is 2. The topological polar surface area (TPSA) is 97.0 Å². The average Bonchev–Trinajstić information content (AvgIpc) is 3.34. The van der Waals surface area contributed by atoms with Gasteiger partial charge in [-0.25, -0.2) is 8.42 Å². The van der Waals surface area contributed by atoms with Crippen LogP contribution in [0.4, 0.5) is 11.4 Å². The zero-order valence-electron chi connectivity index (χ0n) is 19.8. The van der Waals surface area contributed by atoms with Crippen molar-refractivity contribution in [3.05, 3.63) is 90.0 Å². The lowest BCUT2D eigenvalue weighted by atomic mass is 10.1. The Kier molecular flexibility index (Phi) is 6.15. The van der Waals surface area contributed by atoms with Gasteiger partial charge in [0.15, 0.2) is 11.5 Å². The van der Waals surface area contributed by atoms with Crippen LogP contribution in [0.2, 0.25) is 0 Å². The number of amides is 1. The van der Waals surface area contributed by atoms with Crippen LogP contribution in [0, 0.1) is 0 Å². The van der Waals surface area contributed by atoms with Crippen LogP contribution < -0.4 is 24.4 Å². The minimum Gasteiger partial charge on any atom is -0.454 e. The van der Waals surface area contributed by atoms with Gasteiger partial charge in [0.25, 0.3) is 15.9 Å². The molecule has 1 aliphatic heterocycles. The van der Waals surface area contributed by atoms with E-state index in [1.54, 1.807) is 54.6 Å². The fourth-order valence-corrected chi connectivity index (χ4v) is 5.49. The standard InChI is InChI=1S/C27H25N3O5S/c1-30(2)23-11-5-9-20-19(23)8-6-12-26(20)36(32,33)29-22-10-4-3-7-21(22)27(31)28-16-18-13-14-24-25(15-18)35-17-34-24/h3-15,29H,16-17H2,1-2H3,(H,28,31). The van der Waals surface area contributed by atoms with Crippen molar-refractivity contribution >= 4 is 38.1 Å². The number of nitrogens with zero attached hydrogens (tertiary/aromatic N) is 1. The third kappa shape index (κ3) is 4.52. The van der Waals surface area contributed by atoms with E-state index in [1.165, 1.54) is 0 Å². The predicted molar refractivity (Wildman–Crippen MR) is 139 cm³/mol. The van der Waals surface area contributed by atoms with E-state index in [0.29, 0.717) is 16.9 Å². The minimum atomic E-state index is -3.99. The van der Waals surface area contributed by atoms with Crippen molar-refractivity contribution in [1.82, 2.24) is 5.32 Å². The molecular weight excluding hydrogens is 478 g/mol. The van der Waals surface area contributed by atoms with Crippen molar-refractivity contribution in [2.75, 3.05) is 30.5 Å². The quantitative estimate of drug-likeness (QED) is 0.389. The van der Waals surface area contributed by atoms with Crippen LogP contribution >= 0.6 is 0 Å². The van der Waals surface area contributed by atoms with Gasteiger partial charge in [-0.1, -0.05) is 42.5 Å². The number of nitrogens with one attached hydrogen (secondary N) is 2. The van der Waals surface area contributed by atoms with Crippen molar-refractivity contribution < 1.29 is 22.7 Å². The molecule has 1 amide bonds. The van der Waals surface area contributed by atoms with Crippen LogP contribution in [0.25, 0.3) is 10.8 Å². The Morgan fingerprint density at radius 1 is 0.889 bits per heavy atom. The first-order valence-corrected chi connectivity index (χ1v) is 12.8. The van der Waals surface area contributed by atoms with E-state index < -0.39 is 15.9 Å². The van der Waals surface area contributed by atoms with Gasteiger partial charge in [0.05, 0.1) is 16.1 Å². The van der Waals surface area contributed by atoms with Crippen LogP contribution in [0.3, 0.4) is 0 Å². The predicted octanol–water partition coefficient (Wildman–Crippen LogP) is 4.37. The number of sulfonamides is 1. The fourth-order valence-electron chi connectivity index (χ4n) is 4.19. The second-order valence-electron chi connectivity index (χ2n) is 8.54. The molecule has 184 valence electrons. The lowest BCUT2D eigenvalue weighted by molar-refractivity contribution is 0.0951. The Balaban J connectivity index is 1.40. The van der Waals surface area contributed by atoms with Crippen molar-refractivity contribution in [3.8, 4) is 11.5 Å². The van der Waals surface area contributed by atoms with Gasteiger partial charge in [-0.15, -0.1) is 0 Å². The molecule has 0 spiro atoms.